The maximum Gasteiger partial charge on any atom is 0.255 e. The Bertz CT molecular complexity index is 465. The first kappa shape index (κ1) is 14.1. The second kappa shape index (κ2) is 5.78. The summed E-state index contributed by atoms with van der Waals surface area (Å²) in [6.07, 6.45) is 4.47. The molecule has 4 nitrogen and oxygen atoms in total. The van der Waals surface area contributed by atoms with Gasteiger partial charge in [0.05, 0.1) is 5.56 Å². The quantitative estimate of drug-likeness (QED) is 0.881. The summed E-state index contributed by atoms with van der Waals surface area (Å²) in [5, 5.41) is 3.03. The van der Waals surface area contributed by atoms with Crippen LogP contribution in [-0.4, -0.2) is 18.5 Å². The number of carbonyl (C=O) groups is 1. The normalized spacial score (nSPS) is 23.4. The van der Waals surface area contributed by atoms with Gasteiger partial charge in [0, 0.05) is 18.2 Å². The molecule has 2 atom stereocenters. The summed E-state index contributed by atoms with van der Waals surface area (Å²) in [6, 6.07) is 0.301. The summed E-state index contributed by atoms with van der Waals surface area (Å²) in [5.74, 6) is 2.02. The van der Waals surface area contributed by atoms with Gasteiger partial charge in [-0.2, -0.15) is 0 Å². The van der Waals surface area contributed by atoms with Crippen molar-refractivity contribution in [3.8, 4) is 0 Å². The van der Waals surface area contributed by atoms with Crippen LogP contribution in [0, 0.1) is 26.7 Å². The number of furan rings is 1. The highest BCUT2D eigenvalue weighted by Gasteiger charge is 2.22. The molecule has 1 aliphatic carbocycles. The molecule has 19 heavy (non-hydrogen) atoms. The predicted octanol–water partition coefficient (Wildman–Crippen LogP) is 2.45. The fraction of sp³-hybridized carbons (Fsp3) is 0.667. The Labute approximate surface area is 114 Å². The predicted molar refractivity (Wildman–Crippen MR) is 75.2 cm³/mol. The molecular weight excluding hydrogens is 240 g/mol. The van der Waals surface area contributed by atoms with Crippen molar-refractivity contribution >= 4 is 5.91 Å². The van der Waals surface area contributed by atoms with E-state index in [1.165, 1.54) is 6.42 Å². The summed E-state index contributed by atoms with van der Waals surface area (Å²) >= 11 is 0. The Morgan fingerprint density at radius 1 is 1.32 bits per heavy atom. The van der Waals surface area contributed by atoms with E-state index in [-0.39, 0.29) is 5.91 Å². The van der Waals surface area contributed by atoms with Gasteiger partial charge in [0.1, 0.15) is 11.5 Å². The average molecular weight is 264 g/mol. The summed E-state index contributed by atoms with van der Waals surface area (Å²) in [6.45, 7) is 6.37. The average Bonchev–Trinajstić information content (AvgIpc) is 2.61. The fourth-order valence-electron chi connectivity index (χ4n) is 2.97. The summed E-state index contributed by atoms with van der Waals surface area (Å²) in [7, 11) is 0. The zero-order valence-electron chi connectivity index (χ0n) is 12.1. The molecule has 3 N–H and O–H groups in total. The molecule has 0 radical (unpaired) electrons. The van der Waals surface area contributed by atoms with Crippen LogP contribution in [0.5, 0.6) is 0 Å². The first-order valence-corrected chi connectivity index (χ1v) is 7.09. The molecule has 1 fully saturated rings. The van der Waals surface area contributed by atoms with E-state index in [9.17, 15) is 4.79 Å². The Morgan fingerprint density at radius 2 is 2.05 bits per heavy atom. The molecule has 1 saturated carbocycles. The van der Waals surface area contributed by atoms with Gasteiger partial charge in [0.15, 0.2) is 0 Å². The lowest BCUT2D eigenvalue weighted by atomic mass is 9.86. The number of aryl methyl sites for hydroxylation is 2. The van der Waals surface area contributed by atoms with Crippen LogP contribution < -0.4 is 11.1 Å². The van der Waals surface area contributed by atoms with Crippen molar-refractivity contribution in [3.63, 3.8) is 0 Å². The highest BCUT2D eigenvalue weighted by Crippen LogP contribution is 2.23. The van der Waals surface area contributed by atoms with Crippen molar-refractivity contribution in [2.45, 2.75) is 52.5 Å². The van der Waals surface area contributed by atoms with Crippen molar-refractivity contribution in [2.75, 3.05) is 6.54 Å². The summed E-state index contributed by atoms with van der Waals surface area (Å²) < 4.78 is 5.49. The lowest BCUT2D eigenvalue weighted by Crippen LogP contribution is -2.35. The molecule has 4 heteroatoms. The minimum Gasteiger partial charge on any atom is -0.466 e. The van der Waals surface area contributed by atoms with Crippen LogP contribution in [-0.2, 0) is 0 Å². The van der Waals surface area contributed by atoms with Crippen LogP contribution in [0.4, 0.5) is 0 Å². The van der Waals surface area contributed by atoms with Crippen molar-refractivity contribution < 1.29 is 9.21 Å². The summed E-state index contributed by atoms with van der Waals surface area (Å²) in [5.41, 5.74) is 7.60. The maximum atomic E-state index is 12.2. The van der Waals surface area contributed by atoms with Gasteiger partial charge in [0.25, 0.3) is 5.91 Å². The largest absolute Gasteiger partial charge is 0.466 e. The lowest BCUT2D eigenvalue weighted by Gasteiger charge is -2.26. The molecule has 0 spiro atoms. The van der Waals surface area contributed by atoms with Gasteiger partial charge in [-0.25, -0.2) is 0 Å². The van der Waals surface area contributed by atoms with E-state index in [4.69, 9.17) is 10.2 Å². The zero-order valence-corrected chi connectivity index (χ0v) is 12.1. The van der Waals surface area contributed by atoms with E-state index in [0.29, 0.717) is 23.3 Å². The minimum absolute atomic E-state index is 0.0222. The standard InChI is InChI=1S/C15H24N2O2/c1-9-10(2)19-11(3)14(9)15(18)17-8-12-5-4-6-13(16)7-12/h12-13H,4-8,16H2,1-3H3,(H,17,18). The Balaban J connectivity index is 1.94. The Hall–Kier alpha value is -1.29. The van der Waals surface area contributed by atoms with Gasteiger partial charge in [-0.15, -0.1) is 0 Å². The van der Waals surface area contributed by atoms with E-state index in [0.717, 1.165) is 37.1 Å². The molecule has 0 bridgehead atoms. The molecule has 2 rings (SSSR count). The highest BCUT2D eigenvalue weighted by molar-refractivity contribution is 5.96. The van der Waals surface area contributed by atoms with Crippen molar-refractivity contribution in [3.05, 3.63) is 22.6 Å². The van der Waals surface area contributed by atoms with Crippen LogP contribution in [0.15, 0.2) is 4.42 Å². The third kappa shape index (κ3) is 3.18. The molecule has 0 saturated heterocycles. The van der Waals surface area contributed by atoms with Gasteiger partial charge in [-0.1, -0.05) is 6.42 Å². The second-order valence-corrected chi connectivity index (χ2v) is 5.72. The van der Waals surface area contributed by atoms with Crippen LogP contribution in [0.3, 0.4) is 0 Å². The maximum absolute atomic E-state index is 12.2. The first-order valence-electron chi connectivity index (χ1n) is 7.09. The van der Waals surface area contributed by atoms with Crippen LogP contribution in [0.2, 0.25) is 0 Å². The number of hydrogen-bond acceptors (Lipinski definition) is 3. The van der Waals surface area contributed by atoms with Crippen LogP contribution >= 0.6 is 0 Å². The number of amides is 1. The van der Waals surface area contributed by atoms with Gasteiger partial charge < -0.3 is 15.5 Å². The van der Waals surface area contributed by atoms with Crippen LogP contribution in [0.25, 0.3) is 0 Å². The number of hydrogen-bond donors (Lipinski definition) is 2. The van der Waals surface area contributed by atoms with E-state index in [1.54, 1.807) is 0 Å². The lowest BCUT2D eigenvalue weighted by molar-refractivity contribution is 0.0940. The van der Waals surface area contributed by atoms with E-state index in [2.05, 4.69) is 5.32 Å². The molecule has 1 aromatic heterocycles. The molecule has 1 aliphatic rings. The number of nitrogens with two attached hydrogens (primary N) is 1. The molecule has 1 heterocycles. The molecule has 1 aromatic rings. The van der Waals surface area contributed by atoms with Crippen molar-refractivity contribution in [2.24, 2.45) is 11.7 Å². The first-order chi connectivity index (χ1) is 8.99. The minimum atomic E-state index is -0.0222. The molecule has 1 amide bonds. The van der Waals surface area contributed by atoms with E-state index < -0.39 is 0 Å². The molecule has 2 unspecified atom stereocenters. The second-order valence-electron chi connectivity index (χ2n) is 5.72. The third-order valence-electron chi connectivity index (χ3n) is 4.16. The van der Waals surface area contributed by atoms with Crippen molar-refractivity contribution in [1.82, 2.24) is 5.32 Å². The van der Waals surface area contributed by atoms with Crippen molar-refractivity contribution in [1.29, 1.82) is 0 Å². The highest BCUT2D eigenvalue weighted by atomic mass is 16.3. The number of nitrogens with one attached hydrogen (secondary N) is 1. The van der Waals surface area contributed by atoms with Gasteiger partial charge in [-0.3, -0.25) is 4.79 Å². The van der Waals surface area contributed by atoms with E-state index >= 15 is 0 Å². The third-order valence-corrected chi connectivity index (χ3v) is 4.16. The monoisotopic (exact) mass is 264 g/mol. The fourth-order valence-corrected chi connectivity index (χ4v) is 2.97. The number of carbonyl (C=O) groups excluding carboxylic acids is 1. The van der Waals surface area contributed by atoms with Gasteiger partial charge >= 0.3 is 0 Å². The van der Waals surface area contributed by atoms with E-state index in [1.807, 2.05) is 20.8 Å². The SMILES string of the molecule is Cc1oc(C)c(C(=O)NCC2CCCC(N)C2)c1C. The molecule has 106 valence electrons. The Kier molecular flexibility index (Phi) is 4.30. The zero-order chi connectivity index (χ0) is 14.0. The molecule has 0 aromatic carbocycles. The van der Waals surface area contributed by atoms with Crippen LogP contribution in [0.1, 0.15) is 53.1 Å². The Morgan fingerprint density at radius 3 is 2.63 bits per heavy atom. The van der Waals surface area contributed by atoms with Gasteiger partial charge in [-0.05, 0) is 46.0 Å². The molecular formula is C15H24N2O2. The van der Waals surface area contributed by atoms with Gasteiger partial charge in [0.2, 0.25) is 0 Å². The number of rotatable bonds is 3. The summed E-state index contributed by atoms with van der Waals surface area (Å²) in [4.78, 5) is 12.2. The smallest absolute Gasteiger partial charge is 0.255 e. The topological polar surface area (TPSA) is 68.3 Å². The molecule has 0 aliphatic heterocycles.